The molecule has 6 nitrogen and oxygen atoms in total. The van der Waals surface area contributed by atoms with Crippen molar-refractivity contribution >= 4 is 11.9 Å². The Morgan fingerprint density at radius 2 is 1.72 bits per heavy atom. The van der Waals surface area contributed by atoms with Crippen molar-refractivity contribution in [1.82, 2.24) is 19.4 Å². The molecular weight excluding hydrogens is 316 g/mol. The van der Waals surface area contributed by atoms with Crippen molar-refractivity contribution in [2.24, 2.45) is 0 Å². The fourth-order valence-electron chi connectivity index (χ4n) is 3.47. The van der Waals surface area contributed by atoms with E-state index in [9.17, 15) is 9.90 Å². The van der Waals surface area contributed by atoms with Crippen molar-refractivity contribution in [3.63, 3.8) is 0 Å². The highest BCUT2D eigenvalue weighted by atomic mass is 16.4. The molecule has 0 aliphatic carbocycles. The molecule has 2 aromatic heterocycles. The molecule has 132 valence electrons. The SMILES string of the molecule is Cc1cccc(CC[N+]2(c3cccc(C)n3)CCN(C(=O)O)CC2)n1. The number of carbonyl (C=O) groups is 1. The van der Waals surface area contributed by atoms with E-state index >= 15 is 0 Å². The molecule has 1 aliphatic heterocycles. The van der Waals surface area contributed by atoms with Gasteiger partial charge in [0, 0.05) is 29.6 Å². The lowest BCUT2D eigenvalue weighted by atomic mass is 10.1. The van der Waals surface area contributed by atoms with Gasteiger partial charge < -0.3 is 5.11 Å². The van der Waals surface area contributed by atoms with E-state index in [-0.39, 0.29) is 0 Å². The van der Waals surface area contributed by atoms with Gasteiger partial charge in [0.15, 0.2) is 0 Å². The fraction of sp³-hybridized carbons (Fsp3) is 0.421. The Kier molecular flexibility index (Phi) is 4.99. The molecule has 1 saturated heterocycles. The predicted octanol–water partition coefficient (Wildman–Crippen LogP) is 2.64. The largest absolute Gasteiger partial charge is 0.465 e. The number of hydrogen-bond donors (Lipinski definition) is 1. The molecule has 0 atom stereocenters. The molecule has 2 aromatic rings. The van der Waals surface area contributed by atoms with Crippen LogP contribution in [0.4, 0.5) is 10.6 Å². The van der Waals surface area contributed by atoms with E-state index in [0.29, 0.717) is 17.6 Å². The third kappa shape index (κ3) is 3.96. The Hall–Kier alpha value is -2.47. The summed E-state index contributed by atoms with van der Waals surface area (Å²) >= 11 is 0. The predicted molar refractivity (Wildman–Crippen MR) is 97.6 cm³/mol. The van der Waals surface area contributed by atoms with Crippen LogP contribution >= 0.6 is 0 Å². The Bertz CT molecular complexity index is 755. The van der Waals surface area contributed by atoms with Crippen molar-refractivity contribution in [2.75, 3.05) is 32.7 Å². The Labute approximate surface area is 148 Å². The number of hydrogen-bond acceptors (Lipinski definition) is 3. The molecule has 1 aliphatic rings. The fourth-order valence-corrected chi connectivity index (χ4v) is 3.47. The highest BCUT2D eigenvalue weighted by Crippen LogP contribution is 2.24. The van der Waals surface area contributed by atoms with Crippen LogP contribution in [-0.2, 0) is 6.42 Å². The van der Waals surface area contributed by atoms with E-state index in [0.717, 1.165) is 49.0 Å². The maximum absolute atomic E-state index is 11.3. The minimum absolute atomic E-state index is 0.534. The third-order valence-electron chi connectivity index (χ3n) is 4.97. The number of amides is 1. The monoisotopic (exact) mass is 341 g/mol. The van der Waals surface area contributed by atoms with E-state index in [2.05, 4.69) is 17.1 Å². The highest BCUT2D eigenvalue weighted by Gasteiger charge is 2.37. The molecule has 1 fully saturated rings. The molecule has 1 amide bonds. The molecular formula is C19H25N4O2+. The molecule has 0 spiro atoms. The van der Waals surface area contributed by atoms with Crippen molar-refractivity contribution in [1.29, 1.82) is 0 Å². The second-order valence-electron chi connectivity index (χ2n) is 6.74. The molecule has 0 unspecified atom stereocenters. The van der Waals surface area contributed by atoms with Crippen LogP contribution in [0.1, 0.15) is 17.1 Å². The first-order valence-electron chi connectivity index (χ1n) is 8.69. The van der Waals surface area contributed by atoms with Crippen molar-refractivity contribution < 1.29 is 9.90 Å². The number of aromatic nitrogens is 2. The second kappa shape index (κ2) is 7.19. The average Bonchev–Trinajstić information content (AvgIpc) is 2.60. The number of piperazine rings is 1. The van der Waals surface area contributed by atoms with Crippen LogP contribution in [0.15, 0.2) is 36.4 Å². The summed E-state index contributed by atoms with van der Waals surface area (Å²) in [7, 11) is 0. The molecule has 0 bridgehead atoms. The molecule has 1 N–H and O–H groups in total. The Balaban J connectivity index is 1.83. The second-order valence-corrected chi connectivity index (χ2v) is 6.74. The highest BCUT2D eigenvalue weighted by molar-refractivity contribution is 5.65. The van der Waals surface area contributed by atoms with Crippen molar-refractivity contribution in [3.8, 4) is 0 Å². The van der Waals surface area contributed by atoms with E-state index in [1.54, 1.807) is 0 Å². The standard InChI is InChI=1S/C19H24N4O2/c1-15-5-3-7-17(20-15)9-12-23(18-8-4-6-16(2)21-18)13-10-22(11-14-23)19(24)25/h3-8H,9-14H2,1-2H3/p+1. The van der Waals surface area contributed by atoms with Gasteiger partial charge in [0.05, 0.1) is 19.6 Å². The number of aryl methyl sites for hydroxylation is 2. The Morgan fingerprint density at radius 3 is 2.32 bits per heavy atom. The van der Waals surface area contributed by atoms with Gasteiger partial charge in [0.25, 0.3) is 0 Å². The molecule has 0 radical (unpaired) electrons. The molecule has 3 heterocycles. The quantitative estimate of drug-likeness (QED) is 0.868. The van der Waals surface area contributed by atoms with Gasteiger partial charge in [-0.3, -0.25) is 14.4 Å². The number of quaternary nitrogens is 1. The zero-order valence-corrected chi connectivity index (χ0v) is 14.9. The van der Waals surface area contributed by atoms with Crippen LogP contribution in [0, 0.1) is 13.8 Å². The normalized spacial score (nSPS) is 16.6. The third-order valence-corrected chi connectivity index (χ3v) is 4.97. The van der Waals surface area contributed by atoms with Gasteiger partial charge >= 0.3 is 6.09 Å². The first kappa shape index (κ1) is 17.4. The lowest BCUT2D eigenvalue weighted by Crippen LogP contribution is -2.62. The minimum atomic E-state index is -0.838. The number of rotatable bonds is 4. The lowest BCUT2D eigenvalue weighted by Gasteiger charge is -2.42. The topological polar surface area (TPSA) is 66.3 Å². The first-order valence-corrected chi connectivity index (χ1v) is 8.69. The lowest BCUT2D eigenvalue weighted by molar-refractivity contribution is 0.106. The van der Waals surface area contributed by atoms with Gasteiger partial charge in [-0.05, 0) is 32.0 Å². The van der Waals surface area contributed by atoms with Gasteiger partial charge in [-0.25, -0.2) is 9.78 Å². The van der Waals surface area contributed by atoms with Gasteiger partial charge in [-0.2, -0.15) is 0 Å². The molecule has 25 heavy (non-hydrogen) atoms. The maximum atomic E-state index is 11.3. The first-order chi connectivity index (χ1) is 12.0. The summed E-state index contributed by atoms with van der Waals surface area (Å²) in [6.45, 7) is 7.43. The van der Waals surface area contributed by atoms with Gasteiger partial charge in [-0.1, -0.05) is 12.1 Å². The van der Waals surface area contributed by atoms with Gasteiger partial charge in [0.2, 0.25) is 5.82 Å². The summed E-state index contributed by atoms with van der Waals surface area (Å²) in [5.41, 5.74) is 3.09. The summed E-state index contributed by atoms with van der Waals surface area (Å²) in [4.78, 5) is 22.1. The van der Waals surface area contributed by atoms with Crippen molar-refractivity contribution in [3.05, 3.63) is 53.5 Å². The molecule has 0 aromatic carbocycles. The van der Waals surface area contributed by atoms with E-state index in [4.69, 9.17) is 4.98 Å². The van der Waals surface area contributed by atoms with Crippen LogP contribution in [-0.4, -0.2) is 58.8 Å². The number of pyridine rings is 2. The van der Waals surface area contributed by atoms with E-state index in [1.165, 1.54) is 4.90 Å². The number of nitrogens with zero attached hydrogens (tertiary/aromatic N) is 4. The molecule has 0 saturated carbocycles. The van der Waals surface area contributed by atoms with Crippen LogP contribution in [0.5, 0.6) is 0 Å². The average molecular weight is 341 g/mol. The minimum Gasteiger partial charge on any atom is -0.465 e. The van der Waals surface area contributed by atoms with E-state index < -0.39 is 6.09 Å². The van der Waals surface area contributed by atoms with Gasteiger partial charge in [-0.15, -0.1) is 0 Å². The summed E-state index contributed by atoms with van der Waals surface area (Å²) in [5.74, 6) is 1.03. The summed E-state index contributed by atoms with van der Waals surface area (Å²) in [6, 6.07) is 12.2. The number of carboxylic acid groups (broad SMARTS) is 1. The van der Waals surface area contributed by atoms with Crippen LogP contribution < -0.4 is 4.48 Å². The Morgan fingerprint density at radius 1 is 1.08 bits per heavy atom. The zero-order valence-electron chi connectivity index (χ0n) is 14.9. The molecule has 3 rings (SSSR count). The van der Waals surface area contributed by atoms with Crippen LogP contribution in [0.3, 0.4) is 0 Å². The maximum Gasteiger partial charge on any atom is 0.407 e. The zero-order chi connectivity index (χ0) is 17.9. The smallest absolute Gasteiger partial charge is 0.407 e. The summed E-state index contributed by atoms with van der Waals surface area (Å²) in [5, 5.41) is 9.25. The molecule has 6 heteroatoms. The van der Waals surface area contributed by atoms with Crippen LogP contribution in [0.25, 0.3) is 0 Å². The van der Waals surface area contributed by atoms with Gasteiger partial charge in [0.1, 0.15) is 13.1 Å². The summed E-state index contributed by atoms with van der Waals surface area (Å²) in [6.07, 6.45) is 0.0139. The van der Waals surface area contributed by atoms with E-state index in [1.807, 2.05) is 38.1 Å². The van der Waals surface area contributed by atoms with Crippen molar-refractivity contribution in [2.45, 2.75) is 20.3 Å². The summed E-state index contributed by atoms with van der Waals surface area (Å²) < 4.78 is 0.709. The van der Waals surface area contributed by atoms with Crippen LogP contribution in [0.2, 0.25) is 0 Å².